The Morgan fingerprint density at radius 3 is 2.19 bits per heavy atom. The molecule has 0 aliphatic rings. The van der Waals surface area contributed by atoms with Gasteiger partial charge in [0.1, 0.15) is 5.75 Å². The van der Waals surface area contributed by atoms with Crippen LogP contribution < -0.4 is 4.74 Å². The second-order valence-corrected chi connectivity index (χ2v) is 3.81. The normalized spacial score (nSPS) is 10.2. The van der Waals surface area contributed by atoms with Gasteiger partial charge in [-0.15, -0.1) is 0 Å². The molecule has 0 heterocycles. The summed E-state index contributed by atoms with van der Waals surface area (Å²) in [5.74, 6) is -0.350. The molecule has 0 aliphatic heterocycles. The van der Waals surface area contributed by atoms with Crippen LogP contribution in [0, 0.1) is 5.92 Å². The molecule has 3 nitrogen and oxygen atoms in total. The highest BCUT2D eigenvalue weighted by Gasteiger charge is 2.18. The molecule has 0 atom stereocenters. The lowest BCUT2D eigenvalue weighted by Gasteiger charge is -2.05. The Bertz CT molecular complexity index is 377. The molecule has 0 N–H and O–H groups in total. The number of benzene rings is 1. The largest absolute Gasteiger partial charge is 0.494 e. The highest BCUT2D eigenvalue weighted by molar-refractivity contribution is 6.44. The van der Waals surface area contributed by atoms with Crippen molar-refractivity contribution in [2.45, 2.75) is 20.8 Å². The van der Waals surface area contributed by atoms with Crippen LogP contribution in [0.25, 0.3) is 0 Å². The zero-order chi connectivity index (χ0) is 12.1. The number of ketones is 2. The molecule has 0 radical (unpaired) electrons. The van der Waals surface area contributed by atoms with Crippen LogP contribution in [0.5, 0.6) is 5.75 Å². The lowest BCUT2D eigenvalue weighted by atomic mass is 10.00. The van der Waals surface area contributed by atoms with Crippen molar-refractivity contribution in [2.75, 3.05) is 6.61 Å². The zero-order valence-electron chi connectivity index (χ0n) is 9.82. The quantitative estimate of drug-likeness (QED) is 0.565. The molecule has 0 fully saturated rings. The Hall–Kier alpha value is -1.64. The maximum atomic E-state index is 11.7. The molecule has 0 spiro atoms. The summed E-state index contributed by atoms with van der Waals surface area (Å²) in [6.07, 6.45) is 0. The Balaban J connectivity index is 2.81. The Kier molecular flexibility index (Phi) is 4.23. The number of Topliss-reactive ketones (excluding diaryl/α,β-unsaturated/α-hetero) is 2. The molecule has 1 rings (SSSR count). The van der Waals surface area contributed by atoms with Crippen LogP contribution in [0.3, 0.4) is 0 Å². The summed E-state index contributed by atoms with van der Waals surface area (Å²) in [5.41, 5.74) is 0.419. The van der Waals surface area contributed by atoms with Gasteiger partial charge in [0.05, 0.1) is 6.61 Å². The zero-order valence-corrected chi connectivity index (χ0v) is 9.82. The summed E-state index contributed by atoms with van der Waals surface area (Å²) in [4.78, 5) is 23.1. The van der Waals surface area contributed by atoms with Crippen molar-refractivity contribution in [1.29, 1.82) is 0 Å². The van der Waals surface area contributed by atoms with Gasteiger partial charge in [0.25, 0.3) is 0 Å². The van der Waals surface area contributed by atoms with E-state index in [0.29, 0.717) is 17.9 Å². The number of ether oxygens (including phenoxy) is 1. The fourth-order valence-electron chi connectivity index (χ4n) is 1.27. The molecule has 0 unspecified atom stereocenters. The van der Waals surface area contributed by atoms with Crippen molar-refractivity contribution in [3.05, 3.63) is 29.8 Å². The van der Waals surface area contributed by atoms with E-state index in [2.05, 4.69) is 0 Å². The van der Waals surface area contributed by atoms with Crippen LogP contribution in [0.15, 0.2) is 24.3 Å². The van der Waals surface area contributed by atoms with Gasteiger partial charge in [0.2, 0.25) is 11.6 Å². The highest BCUT2D eigenvalue weighted by atomic mass is 16.5. The van der Waals surface area contributed by atoms with Gasteiger partial charge in [0.15, 0.2) is 0 Å². The van der Waals surface area contributed by atoms with Gasteiger partial charge in [-0.25, -0.2) is 0 Å². The molecule has 3 heteroatoms. The predicted octanol–water partition coefficient (Wildman–Crippen LogP) is 2.49. The Morgan fingerprint density at radius 1 is 1.19 bits per heavy atom. The molecule has 0 saturated carbocycles. The first-order chi connectivity index (χ1) is 7.56. The standard InChI is InChI=1S/C13H16O3/c1-4-16-11-7-5-10(6-8-11)13(15)12(14)9(2)3/h5-9H,4H2,1-3H3. The molecule has 0 aromatic heterocycles. The first kappa shape index (κ1) is 12.4. The second-order valence-electron chi connectivity index (χ2n) is 3.81. The van der Waals surface area contributed by atoms with Gasteiger partial charge in [-0.05, 0) is 31.2 Å². The molecule has 0 bridgehead atoms. The Labute approximate surface area is 95.4 Å². The number of rotatable bonds is 5. The molecular weight excluding hydrogens is 204 g/mol. The number of carbonyl (C=O) groups is 2. The topological polar surface area (TPSA) is 43.4 Å². The molecular formula is C13H16O3. The third-order valence-electron chi connectivity index (χ3n) is 2.18. The molecule has 1 aromatic carbocycles. The molecule has 16 heavy (non-hydrogen) atoms. The number of carbonyl (C=O) groups excluding carboxylic acids is 2. The fourth-order valence-corrected chi connectivity index (χ4v) is 1.27. The molecule has 0 aliphatic carbocycles. The van der Waals surface area contributed by atoms with Gasteiger partial charge in [-0.3, -0.25) is 9.59 Å². The summed E-state index contributed by atoms with van der Waals surface area (Å²) in [5, 5.41) is 0. The summed E-state index contributed by atoms with van der Waals surface area (Å²) >= 11 is 0. The lowest BCUT2D eigenvalue weighted by Crippen LogP contribution is -2.19. The molecule has 86 valence electrons. The van der Waals surface area contributed by atoms with Gasteiger partial charge in [0, 0.05) is 11.5 Å². The van der Waals surface area contributed by atoms with E-state index in [4.69, 9.17) is 4.74 Å². The lowest BCUT2D eigenvalue weighted by molar-refractivity contribution is -0.117. The van der Waals surface area contributed by atoms with Gasteiger partial charge >= 0.3 is 0 Å². The maximum absolute atomic E-state index is 11.7. The monoisotopic (exact) mass is 220 g/mol. The van der Waals surface area contributed by atoms with Crippen molar-refractivity contribution < 1.29 is 14.3 Å². The number of hydrogen-bond acceptors (Lipinski definition) is 3. The summed E-state index contributed by atoms with van der Waals surface area (Å²) in [7, 11) is 0. The average molecular weight is 220 g/mol. The first-order valence-corrected chi connectivity index (χ1v) is 5.37. The summed E-state index contributed by atoms with van der Waals surface area (Å²) < 4.78 is 5.25. The van der Waals surface area contributed by atoms with Crippen LogP contribution in [-0.2, 0) is 4.79 Å². The minimum absolute atomic E-state index is 0.265. The van der Waals surface area contributed by atoms with Gasteiger partial charge in [-0.1, -0.05) is 13.8 Å². The minimum Gasteiger partial charge on any atom is -0.494 e. The van der Waals surface area contributed by atoms with Crippen molar-refractivity contribution in [2.24, 2.45) is 5.92 Å². The average Bonchev–Trinajstić information content (AvgIpc) is 2.28. The highest BCUT2D eigenvalue weighted by Crippen LogP contribution is 2.13. The van der Waals surface area contributed by atoms with E-state index in [9.17, 15) is 9.59 Å². The molecule has 0 amide bonds. The molecule has 0 saturated heterocycles. The maximum Gasteiger partial charge on any atom is 0.228 e. The first-order valence-electron chi connectivity index (χ1n) is 5.37. The second kappa shape index (κ2) is 5.45. The summed E-state index contributed by atoms with van der Waals surface area (Å²) in [6, 6.07) is 6.63. The van der Waals surface area contributed by atoms with E-state index in [1.807, 2.05) is 6.92 Å². The SMILES string of the molecule is CCOc1ccc(C(=O)C(=O)C(C)C)cc1. The predicted molar refractivity (Wildman–Crippen MR) is 61.8 cm³/mol. The van der Waals surface area contributed by atoms with Gasteiger partial charge in [-0.2, -0.15) is 0 Å². The van der Waals surface area contributed by atoms with E-state index in [0.717, 1.165) is 0 Å². The third-order valence-corrected chi connectivity index (χ3v) is 2.18. The van der Waals surface area contributed by atoms with E-state index in [1.165, 1.54) is 0 Å². The number of hydrogen-bond donors (Lipinski definition) is 0. The van der Waals surface area contributed by atoms with Crippen molar-refractivity contribution in [3.63, 3.8) is 0 Å². The van der Waals surface area contributed by atoms with Crippen molar-refractivity contribution in [3.8, 4) is 5.75 Å². The third kappa shape index (κ3) is 2.92. The van der Waals surface area contributed by atoms with E-state index in [-0.39, 0.29) is 11.7 Å². The van der Waals surface area contributed by atoms with Crippen molar-refractivity contribution >= 4 is 11.6 Å². The molecule has 1 aromatic rings. The fraction of sp³-hybridized carbons (Fsp3) is 0.385. The van der Waals surface area contributed by atoms with E-state index >= 15 is 0 Å². The van der Waals surface area contributed by atoms with Gasteiger partial charge < -0.3 is 4.74 Å². The Morgan fingerprint density at radius 2 is 1.75 bits per heavy atom. The van der Waals surface area contributed by atoms with Crippen molar-refractivity contribution in [1.82, 2.24) is 0 Å². The van der Waals surface area contributed by atoms with E-state index < -0.39 is 5.78 Å². The van der Waals surface area contributed by atoms with E-state index in [1.54, 1.807) is 38.1 Å². The van der Waals surface area contributed by atoms with Crippen LogP contribution >= 0.6 is 0 Å². The van der Waals surface area contributed by atoms with Crippen LogP contribution in [0.1, 0.15) is 31.1 Å². The van der Waals surface area contributed by atoms with Crippen LogP contribution in [-0.4, -0.2) is 18.2 Å². The smallest absolute Gasteiger partial charge is 0.228 e. The van der Waals surface area contributed by atoms with Crippen LogP contribution in [0.4, 0.5) is 0 Å². The summed E-state index contributed by atoms with van der Waals surface area (Å²) in [6.45, 7) is 5.91. The minimum atomic E-state index is -0.432. The van der Waals surface area contributed by atoms with Crippen LogP contribution in [0.2, 0.25) is 0 Å².